The molecule has 7 heteroatoms. The van der Waals surface area contributed by atoms with Gasteiger partial charge in [0.25, 0.3) is 0 Å². The van der Waals surface area contributed by atoms with Crippen LogP contribution in [0.3, 0.4) is 0 Å². The summed E-state index contributed by atoms with van der Waals surface area (Å²) in [5.41, 5.74) is 1.39. The van der Waals surface area contributed by atoms with E-state index < -0.39 is 16.1 Å². The van der Waals surface area contributed by atoms with E-state index in [2.05, 4.69) is 5.32 Å². The number of nitrogens with zero attached hydrogens (tertiary/aromatic N) is 1. The van der Waals surface area contributed by atoms with Crippen molar-refractivity contribution < 1.29 is 17.9 Å². The normalized spacial score (nSPS) is 13.5. The molecule has 0 fully saturated rings. The van der Waals surface area contributed by atoms with E-state index >= 15 is 0 Å². The van der Waals surface area contributed by atoms with Crippen molar-refractivity contribution in [2.45, 2.75) is 32.4 Å². The number of nitrogens with one attached hydrogen (secondary N) is 1. The molecule has 0 aliphatic rings. The van der Waals surface area contributed by atoms with Gasteiger partial charge in [-0.15, -0.1) is 0 Å². The first kappa shape index (κ1) is 20.8. The minimum atomic E-state index is -3.66. The number of carbonyl (C=O) groups is 1. The molecular formula is C20H26N2O4S. The van der Waals surface area contributed by atoms with Gasteiger partial charge in [-0.25, -0.2) is 8.42 Å². The number of sulfonamides is 1. The molecule has 0 aliphatic carbocycles. The van der Waals surface area contributed by atoms with Crippen molar-refractivity contribution in [1.82, 2.24) is 5.32 Å². The van der Waals surface area contributed by atoms with E-state index in [0.29, 0.717) is 17.9 Å². The number of amides is 1. The number of hydrogen-bond acceptors (Lipinski definition) is 4. The van der Waals surface area contributed by atoms with E-state index in [1.165, 1.54) is 7.11 Å². The number of anilines is 1. The minimum Gasteiger partial charge on any atom is -0.497 e. The molecule has 0 aliphatic heterocycles. The Bertz CT molecular complexity index is 851. The summed E-state index contributed by atoms with van der Waals surface area (Å²) in [5.74, 6) is 0.256. The van der Waals surface area contributed by atoms with Crippen molar-refractivity contribution in [2.75, 3.05) is 17.7 Å². The Kier molecular flexibility index (Phi) is 6.85. The molecule has 0 bridgehead atoms. The van der Waals surface area contributed by atoms with Crippen LogP contribution in [0, 0.1) is 0 Å². The summed E-state index contributed by atoms with van der Waals surface area (Å²) in [5, 5.41) is 2.96. The predicted octanol–water partition coefficient (Wildman–Crippen LogP) is 3.12. The van der Waals surface area contributed by atoms with Crippen molar-refractivity contribution in [2.24, 2.45) is 0 Å². The predicted molar refractivity (Wildman–Crippen MR) is 107 cm³/mol. The Morgan fingerprint density at radius 1 is 1.11 bits per heavy atom. The Morgan fingerprint density at radius 2 is 1.70 bits per heavy atom. The van der Waals surface area contributed by atoms with Crippen LogP contribution in [-0.4, -0.2) is 33.7 Å². The zero-order valence-corrected chi connectivity index (χ0v) is 16.9. The van der Waals surface area contributed by atoms with Crippen LogP contribution in [0.2, 0.25) is 0 Å². The lowest BCUT2D eigenvalue weighted by Crippen LogP contribution is -2.48. The molecule has 0 heterocycles. The van der Waals surface area contributed by atoms with Gasteiger partial charge in [-0.2, -0.15) is 0 Å². The summed E-state index contributed by atoms with van der Waals surface area (Å²) in [7, 11) is -2.12. The quantitative estimate of drug-likeness (QED) is 0.751. The first-order chi connectivity index (χ1) is 12.8. The van der Waals surface area contributed by atoms with Gasteiger partial charge in [0.15, 0.2) is 0 Å². The molecule has 2 rings (SSSR count). The van der Waals surface area contributed by atoms with E-state index in [1.807, 2.05) is 37.3 Å². The van der Waals surface area contributed by atoms with Crippen LogP contribution >= 0.6 is 0 Å². The summed E-state index contributed by atoms with van der Waals surface area (Å²) in [6.45, 7) is 3.55. The van der Waals surface area contributed by atoms with Gasteiger partial charge in [0.1, 0.15) is 11.8 Å². The lowest BCUT2D eigenvalue weighted by Gasteiger charge is -2.30. The largest absolute Gasteiger partial charge is 0.497 e. The fraction of sp³-hybridized carbons (Fsp3) is 0.350. The van der Waals surface area contributed by atoms with E-state index in [9.17, 15) is 13.2 Å². The summed E-state index contributed by atoms with van der Waals surface area (Å²) in [4.78, 5) is 12.8. The molecular weight excluding hydrogens is 364 g/mol. The van der Waals surface area contributed by atoms with E-state index in [1.54, 1.807) is 31.2 Å². The third kappa shape index (κ3) is 5.23. The summed E-state index contributed by atoms with van der Waals surface area (Å²) in [6.07, 6.45) is 1.79. The van der Waals surface area contributed by atoms with E-state index in [4.69, 9.17) is 4.74 Å². The average Bonchev–Trinajstić information content (AvgIpc) is 2.66. The molecule has 2 aromatic carbocycles. The fourth-order valence-electron chi connectivity index (χ4n) is 2.94. The van der Waals surface area contributed by atoms with Gasteiger partial charge >= 0.3 is 0 Å². The second kappa shape index (κ2) is 8.90. The van der Waals surface area contributed by atoms with Gasteiger partial charge in [0, 0.05) is 0 Å². The van der Waals surface area contributed by atoms with Crippen LogP contribution in [0.5, 0.6) is 5.75 Å². The van der Waals surface area contributed by atoms with Crippen molar-refractivity contribution >= 4 is 21.6 Å². The summed E-state index contributed by atoms with van der Waals surface area (Å²) >= 11 is 0. The maximum absolute atomic E-state index is 12.8. The van der Waals surface area contributed by atoms with Crippen molar-refractivity contribution in [3.05, 3.63) is 60.2 Å². The molecule has 1 N–H and O–H groups in total. The molecule has 6 nitrogen and oxygen atoms in total. The van der Waals surface area contributed by atoms with Crippen molar-refractivity contribution in [3.63, 3.8) is 0 Å². The molecule has 0 saturated heterocycles. The Labute approximate surface area is 161 Å². The minimum absolute atomic E-state index is 0.182. The molecule has 0 aromatic heterocycles. The van der Waals surface area contributed by atoms with Gasteiger partial charge in [-0.1, -0.05) is 37.3 Å². The highest BCUT2D eigenvalue weighted by Crippen LogP contribution is 2.24. The van der Waals surface area contributed by atoms with Crippen LogP contribution < -0.4 is 14.4 Å². The standard InChI is InChI=1S/C20H26N2O4S/c1-5-19(16-9-7-6-8-10-16)21-20(23)15(2)22(27(4,24)25)17-11-13-18(26-3)14-12-17/h6-15,19H,5H2,1-4H3,(H,21,23)/t15-,19-/m0/s1. The SMILES string of the molecule is CC[C@H](NC(=O)[C@H](C)N(c1ccc(OC)cc1)S(C)(=O)=O)c1ccccc1. The molecule has 1 amide bonds. The third-order valence-electron chi connectivity index (χ3n) is 4.34. The maximum atomic E-state index is 12.8. The number of methoxy groups -OCH3 is 1. The summed E-state index contributed by atoms with van der Waals surface area (Å²) < 4.78 is 31.0. The number of rotatable bonds is 8. The smallest absolute Gasteiger partial charge is 0.244 e. The van der Waals surface area contributed by atoms with Gasteiger partial charge < -0.3 is 10.1 Å². The topological polar surface area (TPSA) is 75.7 Å². The molecule has 0 saturated carbocycles. The van der Waals surface area contributed by atoms with E-state index in [-0.39, 0.29) is 11.9 Å². The highest BCUT2D eigenvalue weighted by atomic mass is 32.2. The molecule has 2 aromatic rings. The number of hydrogen-bond donors (Lipinski definition) is 1. The highest BCUT2D eigenvalue weighted by molar-refractivity contribution is 7.92. The zero-order chi connectivity index (χ0) is 20.0. The van der Waals surface area contributed by atoms with Gasteiger partial charge in [0.2, 0.25) is 15.9 Å². The van der Waals surface area contributed by atoms with Crippen LogP contribution in [0.15, 0.2) is 54.6 Å². The van der Waals surface area contributed by atoms with Gasteiger partial charge in [0.05, 0.1) is 25.1 Å². The number of ether oxygens (including phenoxy) is 1. The average molecular weight is 391 g/mol. The Morgan fingerprint density at radius 3 is 2.19 bits per heavy atom. The Balaban J connectivity index is 2.26. The fourth-order valence-corrected chi connectivity index (χ4v) is 4.11. The van der Waals surface area contributed by atoms with Crippen LogP contribution in [0.4, 0.5) is 5.69 Å². The molecule has 0 radical (unpaired) electrons. The second-order valence-corrected chi connectivity index (χ2v) is 8.17. The van der Waals surface area contributed by atoms with Crippen LogP contribution in [0.1, 0.15) is 31.9 Å². The molecule has 146 valence electrons. The van der Waals surface area contributed by atoms with Crippen molar-refractivity contribution in [1.29, 1.82) is 0 Å². The first-order valence-corrected chi connectivity index (χ1v) is 10.6. The second-order valence-electron chi connectivity index (χ2n) is 6.31. The van der Waals surface area contributed by atoms with Crippen LogP contribution in [-0.2, 0) is 14.8 Å². The van der Waals surface area contributed by atoms with Gasteiger partial charge in [-0.3, -0.25) is 9.10 Å². The monoisotopic (exact) mass is 390 g/mol. The van der Waals surface area contributed by atoms with Crippen molar-refractivity contribution in [3.8, 4) is 5.75 Å². The van der Waals surface area contributed by atoms with Gasteiger partial charge in [-0.05, 0) is 43.2 Å². The third-order valence-corrected chi connectivity index (χ3v) is 5.58. The Hall–Kier alpha value is -2.54. The first-order valence-electron chi connectivity index (χ1n) is 8.76. The number of carbonyl (C=O) groups excluding carboxylic acids is 1. The molecule has 2 atom stereocenters. The molecule has 0 spiro atoms. The molecule has 0 unspecified atom stereocenters. The highest BCUT2D eigenvalue weighted by Gasteiger charge is 2.30. The lowest BCUT2D eigenvalue weighted by molar-refractivity contribution is -0.122. The van der Waals surface area contributed by atoms with E-state index in [0.717, 1.165) is 16.1 Å². The van der Waals surface area contributed by atoms with Crippen LogP contribution in [0.25, 0.3) is 0 Å². The number of benzene rings is 2. The zero-order valence-electron chi connectivity index (χ0n) is 16.0. The lowest BCUT2D eigenvalue weighted by atomic mass is 10.0. The summed E-state index contributed by atoms with van der Waals surface area (Å²) in [6, 6.07) is 15.1. The maximum Gasteiger partial charge on any atom is 0.244 e. The molecule has 27 heavy (non-hydrogen) atoms.